The number of aromatic nitrogens is 1. The number of nitrogens with one attached hydrogen (secondary N) is 1. The summed E-state index contributed by atoms with van der Waals surface area (Å²) >= 11 is 0. The first-order valence-corrected chi connectivity index (χ1v) is 8.90. The number of primary amides is 1. The van der Waals surface area contributed by atoms with E-state index in [0.29, 0.717) is 40.6 Å². The Morgan fingerprint density at radius 3 is 2.69 bits per heavy atom. The summed E-state index contributed by atoms with van der Waals surface area (Å²) in [6.45, 7) is 6.04. The summed E-state index contributed by atoms with van der Waals surface area (Å²) in [5.74, 6) is -0.160. The van der Waals surface area contributed by atoms with Crippen LogP contribution in [0.5, 0.6) is 11.6 Å². The minimum absolute atomic E-state index is 0. The molecule has 0 aliphatic carbocycles. The lowest BCUT2D eigenvalue weighted by atomic mass is 9.79. The number of allylic oxidation sites excluding steroid dienone is 1. The zero-order valence-electron chi connectivity index (χ0n) is 16.7. The predicted molar refractivity (Wildman–Crippen MR) is 116 cm³/mol. The number of carbonyl (C=O) groups is 1. The molecule has 0 radical (unpaired) electrons. The van der Waals surface area contributed by atoms with Crippen molar-refractivity contribution in [2.75, 3.05) is 19.0 Å². The van der Waals surface area contributed by atoms with Crippen molar-refractivity contribution in [3.05, 3.63) is 57.9 Å². The van der Waals surface area contributed by atoms with E-state index in [1.54, 1.807) is 24.4 Å². The predicted octanol–water partition coefficient (Wildman–Crippen LogP) is 3.56. The van der Waals surface area contributed by atoms with Gasteiger partial charge in [-0.3, -0.25) is 4.79 Å². The average molecular weight is 459 g/mol. The Hall–Kier alpha value is -3.05. The number of nitriles is 1. The monoisotopic (exact) mass is 458 g/mol. The molecule has 3 rings (SSSR count). The number of halogens is 1. The van der Waals surface area contributed by atoms with Crippen LogP contribution in [0, 0.1) is 18.3 Å². The zero-order valence-corrected chi connectivity index (χ0v) is 18.4. The molecular weight excluding hydrogens is 436 g/mol. The number of hydrogen-bond acceptors (Lipinski definition) is 6. The molecule has 8 heteroatoms. The van der Waals surface area contributed by atoms with Gasteiger partial charge in [-0.05, 0) is 38.5 Å². The van der Waals surface area contributed by atoms with Gasteiger partial charge in [0.15, 0.2) is 0 Å². The molecule has 152 valence electrons. The van der Waals surface area contributed by atoms with Gasteiger partial charge in [0, 0.05) is 23.0 Å². The number of benzene rings is 1. The largest absolute Gasteiger partial charge is 0.496 e. The molecule has 1 atom stereocenters. The van der Waals surface area contributed by atoms with Gasteiger partial charge in [0.25, 0.3) is 0 Å². The fourth-order valence-electron chi connectivity index (χ4n) is 3.57. The second-order valence-corrected chi connectivity index (χ2v) is 6.50. The molecule has 2 aromatic rings. The number of carbonyl (C=O) groups excluding carboxylic acids is 1. The standard InChI is InChI=1S/C21H22N4O3.BrH/c1-5-28-21-18-17(14-7-6-13(9-22)8-15(14)27-4)16(20(23)26)12(3)25-19(18)11(2)10-24-21;/h6-8,10,17,25H,5H2,1-4H3,(H2,23,26);1H/t17-;/m1./s1. The summed E-state index contributed by atoms with van der Waals surface area (Å²) in [7, 11) is 1.53. The normalized spacial score (nSPS) is 14.8. The summed E-state index contributed by atoms with van der Waals surface area (Å²) < 4.78 is 11.3. The maximum atomic E-state index is 12.4. The van der Waals surface area contributed by atoms with E-state index in [2.05, 4.69) is 16.4 Å². The summed E-state index contributed by atoms with van der Waals surface area (Å²) in [5, 5.41) is 12.5. The van der Waals surface area contributed by atoms with Crippen LogP contribution in [0.4, 0.5) is 5.69 Å². The zero-order chi connectivity index (χ0) is 20.4. The van der Waals surface area contributed by atoms with E-state index in [9.17, 15) is 10.1 Å². The van der Waals surface area contributed by atoms with Gasteiger partial charge in [0.2, 0.25) is 11.8 Å². The Balaban J connectivity index is 0.00000300. The number of pyridine rings is 1. The maximum Gasteiger partial charge on any atom is 0.247 e. The van der Waals surface area contributed by atoms with Crippen LogP contribution < -0.4 is 20.5 Å². The van der Waals surface area contributed by atoms with E-state index in [-0.39, 0.29) is 17.0 Å². The summed E-state index contributed by atoms with van der Waals surface area (Å²) in [6, 6.07) is 7.22. The molecular formula is C21H23BrN4O3. The fraction of sp³-hybridized carbons (Fsp3) is 0.286. The lowest BCUT2D eigenvalue weighted by Crippen LogP contribution is -2.28. The van der Waals surface area contributed by atoms with Gasteiger partial charge in [-0.15, -0.1) is 17.0 Å². The molecule has 0 spiro atoms. The highest BCUT2D eigenvalue weighted by Gasteiger charge is 2.36. The molecule has 3 N–H and O–H groups in total. The molecule has 0 saturated heterocycles. The number of aryl methyl sites for hydroxylation is 1. The Labute approximate surface area is 180 Å². The molecule has 29 heavy (non-hydrogen) atoms. The highest BCUT2D eigenvalue weighted by Crippen LogP contribution is 2.48. The average Bonchev–Trinajstić information content (AvgIpc) is 2.68. The van der Waals surface area contributed by atoms with E-state index in [1.165, 1.54) is 7.11 Å². The summed E-state index contributed by atoms with van der Waals surface area (Å²) in [6.07, 6.45) is 1.73. The molecule has 0 unspecified atom stereocenters. The molecule has 1 aromatic carbocycles. The molecule has 0 saturated carbocycles. The first-order chi connectivity index (χ1) is 13.4. The highest BCUT2D eigenvalue weighted by atomic mass is 79.9. The van der Waals surface area contributed by atoms with Gasteiger partial charge >= 0.3 is 0 Å². The number of nitrogens with two attached hydrogens (primary N) is 1. The molecule has 1 aliphatic heterocycles. The minimum Gasteiger partial charge on any atom is -0.496 e. The quantitative estimate of drug-likeness (QED) is 0.708. The third-order valence-corrected chi connectivity index (χ3v) is 4.78. The molecule has 0 bridgehead atoms. The second kappa shape index (κ2) is 8.97. The summed E-state index contributed by atoms with van der Waals surface area (Å²) in [4.78, 5) is 16.8. The second-order valence-electron chi connectivity index (χ2n) is 6.50. The Bertz CT molecular complexity index is 1030. The van der Waals surface area contributed by atoms with Crippen molar-refractivity contribution in [2.45, 2.75) is 26.7 Å². The van der Waals surface area contributed by atoms with E-state index in [0.717, 1.165) is 16.8 Å². The summed E-state index contributed by atoms with van der Waals surface area (Å²) in [5.41, 5.74) is 10.5. The topological polar surface area (TPSA) is 110 Å². The van der Waals surface area contributed by atoms with Gasteiger partial charge in [-0.2, -0.15) is 5.26 Å². The fourth-order valence-corrected chi connectivity index (χ4v) is 3.57. The van der Waals surface area contributed by atoms with Crippen molar-refractivity contribution in [3.63, 3.8) is 0 Å². The van der Waals surface area contributed by atoms with Gasteiger partial charge in [-0.1, -0.05) is 6.07 Å². The van der Waals surface area contributed by atoms with Gasteiger partial charge in [0.1, 0.15) is 5.75 Å². The number of ether oxygens (including phenoxy) is 2. The van der Waals surface area contributed by atoms with Crippen LogP contribution in [0.2, 0.25) is 0 Å². The SMILES string of the molecule is Br.CCOc1ncc(C)c2c1[C@H](c1ccc(C#N)cc1OC)C(C(N)=O)=C(C)N2. The maximum absolute atomic E-state index is 12.4. The van der Waals surface area contributed by atoms with Crippen molar-refractivity contribution < 1.29 is 14.3 Å². The van der Waals surface area contributed by atoms with Crippen LogP contribution in [0.25, 0.3) is 0 Å². The van der Waals surface area contributed by atoms with Crippen molar-refractivity contribution in [3.8, 4) is 17.7 Å². The molecule has 1 aliphatic rings. The van der Waals surface area contributed by atoms with E-state index >= 15 is 0 Å². The third kappa shape index (κ3) is 3.91. The highest BCUT2D eigenvalue weighted by molar-refractivity contribution is 8.93. The van der Waals surface area contributed by atoms with Gasteiger partial charge in [-0.25, -0.2) is 4.98 Å². The van der Waals surface area contributed by atoms with E-state index in [1.807, 2.05) is 20.8 Å². The van der Waals surface area contributed by atoms with Crippen LogP contribution in [0.3, 0.4) is 0 Å². The number of amides is 1. The third-order valence-electron chi connectivity index (χ3n) is 4.78. The lowest BCUT2D eigenvalue weighted by Gasteiger charge is -2.32. The van der Waals surface area contributed by atoms with Crippen LogP contribution in [-0.2, 0) is 4.79 Å². The van der Waals surface area contributed by atoms with Gasteiger partial charge < -0.3 is 20.5 Å². The van der Waals surface area contributed by atoms with Crippen molar-refractivity contribution in [1.82, 2.24) is 4.98 Å². The smallest absolute Gasteiger partial charge is 0.247 e. The molecule has 1 amide bonds. The number of rotatable bonds is 5. The Morgan fingerprint density at radius 1 is 1.38 bits per heavy atom. The van der Waals surface area contributed by atoms with E-state index < -0.39 is 11.8 Å². The number of nitrogens with zero attached hydrogens (tertiary/aromatic N) is 2. The number of hydrogen-bond donors (Lipinski definition) is 2. The van der Waals surface area contributed by atoms with Crippen LogP contribution in [0.1, 0.15) is 42.0 Å². The first kappa shape index (κ1) is 22.2. The van der Waals surface area contributed by atoms with Crippen LogP contribution in [0.15, 0.2) is 35.7 Å². The van der Waals surface area contributed by atoms with Crippen molar-refractivity contribution >= 4 is 28.6 Å². The molecule has 0 fully saturated rings. The van der Waals surface area contributed by atoms with Crippen LogP contribution >= 0.6 is 17.0 Å². The number of anilines is 1. The van der Waals surface area contributed by atoms with Crippen molar-refractivity contribution in [1.29, 1.82) is 5.26 Å². The number of fused-ring (bicyclic) bond motifs is 1. The minimum atomic E-state index is -0.545. The Kier molecular flexibility index (Phi) is 6.88. The Morgan fingerprint density at radius 2 is 2.10 bits per heavy atom. The first-order valence-electron chi connectivity index (χ1n) is 8.90. The van der Waals surface area contributed by atoms with E-state index in [4.69, 9.17) is 15.2 Å². The molecule has 7 nitrogen and oxygen atoms in total. The van der Waals surface area contributed by atoms with Crippen LogP contribution in [-0.4, -0.2) is 24.6 Å². The molecule has 1 aromatic heterocycles. The lowest BCUT2D eigenvalue weighted by molar-refractivity contribution is -0.114. The number of methoxy groups -OCH3 is 1. The van der Waals surface area contributed by atoms with Crippen molar-refractivity contribution in [2.24, 2.45) is 5.73 Å². The van der Waals surface area contributed by atoms with Gasteiger partial charge in [0.05, 0.1) is 42.5 Å². The molecule has 2 heterocycles.